The van der Waals surface area contributed by atoms with Crippen LogP contribution in [0.4, 0.5) is 0 Å². The molecule has 1 saturated carbocycles. The number of aryl methyl sites for hydroxylation is 3. The Morgan fingerprint density at radius 1 is 0.929 bits per heavy atom. The average Bonchev–Trinajstić information content (AvgIpc) is 3.18. The number of nitrogens with zero attached hydrogens (tertiary/aromatic N) is 6. The number of fused-ring (bicyclic) bond motifs is 1. The Kier molecular flexibility index (Phi) is 5.70. The summed E-state index contributed by atoms with van der Waals surface area (Å²) in [6, 6.07) is 10.4. The smallest absolute Gasteiger partial charge is 0.159 e. The van der Waals surface area contributed by atoms with E-state index in [0.29, 0.717) is 11.8 Å². The minimum Gasteiger partial charge on any atom is -0.241 e. The number of benzene rings is 1. The second kappa shape index (κ2) is 7.73. The molecule has 146 valence electrons. The summed E-state index contributed by atoms with van der Waals surface area (Å²) in [5, 5.41) is 5.66. The van der Waals surface area contributed by atoms with Crippen LogP contribution in [-0.2, 0) is 0 Å². The molecule has 0 spiro atoms. The maximum Gasteiger partial charge on any atom is 0.159 e. The first-order valence-corrected chi connectivity index (χ1v) is 9.52. The lowest BCUT2D eigenvalue weighted by Crippen LogP contribution is -2.06. The molecule has 9 heteroatoms. The van der Waals surface area contributed by atoms with Crippen molar-refractivity contribution in [3.05, 3.63) is 58.5 Å². The first-order valence-electron chi connectivity index (χ1n) is 8.70. The Morgan fingerprint density at radius 2 is 1.71 bits per heavy atom. The maximum atomic E-state index is 4.82. The maximum absolute atomic E-state index is 4.82. The normalized spacial score (nSPS) is 17.8. The van der Waals surface area contributed by atoms with Crippen LogP contribution in [0, 0.1) is 20.8 Å². The van der Waals surface area contributed by atoms with Crippen molar-refractivity contribution in [3.8, 4) is 5.82 Å². The Labute approximate surface area is 179 Å². The van der Waals surface area contributed by atoms with E-state index in [4.69, 9.17) is 9.97 Å². The largest absolute Gasteiger partial charge is 0.241 e. The molecule has 1 aromatic carbocycles. The van der Waals surface area contributed by atoms with Gasteiger partial charge in [-0.05, 0) is 39.3 Å². The molecule has 0 saturated heterocycles. The predicted molar refractivity (Wildman–Crippen MR) is 115 cm³/mol. The van der Waals surface area contributed by atoms with Gasteiger partial charge in [-0.2, -0.15) is 4.68 Å². The van der Waals surface area contributed by atoms with Crippen LogP contribution in [0.1, 0.15) is 46.4 Å². The SMILES string of the molecule is Cc1nc([C@@H]2C[C@H]2c2nc3ccccc3s2)cc(-n2nc(C)nc2C)n1.Cl.Cl. The van der Waals surface area contributed by atoms with Gasteiger partial charge in [0.05, 0.1) is 20.9 Å². The van der Waals surface area contributed by atoms with E-state index in [1.165, 1.54) is 9.71 Å². The fourth-order valence-corrected chi connectivity index (χ4v) is 4.60. The van der Waals surface area contributed by atoms with E-state index in [1.54, 1.807) is 16.0 Å². The highest BCUT2D eigenvalue weighted by molar-refractivity contribution is 7.18. The summed E-state index contributed by atoms with van der Waals surface area (Å²) in [5.41, 5.74) is 2.16. The fraction of sp³-hybridized carbons (Fsp3) is 0.316. The van der Waals surface area contributed by atoms with Crippen molar-refractivity contribution in [3.63, 3.8) is 0 Å². The van der Waals surface area contributed by atoms with Crippen molar-refractivity contribution in [1.29, 1.82) is 0 Å². The van der Waals surface area contributed by atoms with E-state index < -0.39 is 0 Å². The molecule has 2 atom stereocenters. The monoisotopic (exact) mass is 434 g/mol. The number of thiazole rings is 1. The number of para-hydroxylation sites is 1. The number of hydrogen-bond acceptors (Lipinski definition) is 6. The third kappa shape index (κ3) is 3.62. The molecule has 1 aliphatic carbocycles. The molecule has 0 radical (unpaired) electrons. The summed E-state index contributed by atoms with van der Waals surface area (Å²) in [7, 11) is 0. The van der Waals surface area contributed by atoms with Gasteiger partial charge in [0.15, 0.2) is 5.82 Å². The van der Waals surface area contributed by atoms with Crippen LogP contribution in [0.25, 0.3) is 16.0 Å². The summed E-state index contributed by atoms with van der Waals surface area (Å²) < 4.78 is 3.05. The van der Waals surface area contributed by atoms with Crippen molar-refractivity contribution < 1.29 is 0 Å². The molecule has 0 aliphatic heterocycles. The van der Waals surface area contributed by atoms with Gasteiger partial charge in [0.25, 0.3) is 0 Å². The second-order valence-electron chi connectivity index (χ2n) is 6.78. The topological polar surface area (TPSA) is 69.4 Å². The van der Waals surface area contributed by atoms with Crippen molar-refractivity contribution in [2.75, 3.05) is 0 Å². The lowest BCUT2D eigenvalue weighted by atomic mass is 10.2. The Bertz CT molecular complexity index is 1110. The van der Waals surface area contributed by atoms with E-state index in [1.807, 2.05) is 32.9 Å². The highest BCUT2D eigenvalue weighted by Gasteiger charge is 2.43. The van der Waals surface area contributed by atoms with Crippen LogP contribution in [0.3, 0.4) is 0 Å². The van der Waals surface area contributed by atoms with E-state index in [9.17, 15) is 0 Å². The first kappa shape index (κ1) is 20.6. The first-order chi connectivity index (χ1) is 12.6. The zero-order chi connectivity index (χ0) is 17.8. The van der Waals surface area contributed by atoms with Crippen LogP contribution in [0.5, 0.6) is 0 Å². The second-order valence-corrected chi connectivity index (χ2v) is 7.85. The molecular formula is C19H20Cl2N6S. The van der Waals surface area contributed by atoms with Gasteiger partial charge < -0.3 is 0 Å². The van der Waals surface area contributed by atoms with Gasteiger partial charge in [-0.25, -0.2) is 19.9 Å². The number of aromatic nitrogens is 6. The highest BCUT2D eigenvalue weighted by atomic mass is 35.5. The molecule has 28 heavy (non-hydrogen) atoms. The third-order valence-electron chi connectivity index (χ3n) is 4.73. The van der Waals surface area contributed by atoms with Gasteiger partial charge in [0.1, 0.15) is 17.5 Å². The van der Waals surface area contributed by atoms with Gasteiger partial charge in [-0.3, -0.25) is 0 Å². The summed E-state index contributed by atoms with van der Waals surface area (Å²) in [4.78, 5) is 18.4. The van der Waals surface area contributed by atoms with Crippen molar-refractivity contribution in [2.45, 2.75) is 39.0 Å². The molecular weight excluding hydrogens is 415 g/mol. The molecule has 4 aromatic rings. The molecule has 0 bridgehead atoms. The molecule has 0 unspecified atom stereocenters. The molecule has 3 heterocycles. The van der Waals surface area contributed by atoms with Crippen molar-refractivity contribution >= 4 is 46.4 Å². The fourth-order valence-electron chi connectivity index (χ4n) is 3.45. The molecule has 1 aliphatic rings. The Balaban J connectivity index is 0.00000112. The highest BCUT2D eigenvalue weighted by Crippen LogP contribution is 2.55. The van der Waals surface area contributed by atoms with Crippen molar-refractivity contribution in [1.82, 2.24) is 29.7 Å². The molecule has 0 amide bonds. The molecule has 1 fully saturated rings. The number of halogens is 2. The van der Waals surface area contributed by atoms with Crippen LogP contribution in [0.2, 0.25) is 0 Å². The van der Waals surface area contributed by atoms with Crippen LogP contribution < -0.4 is 0 Å². The minimum atomic E-state index is 0. The van der Waals surface area contributed by atoms with Gasteiger partial charge >= 0.3 is 0 Å². The Hall–Kier alpha value is -2.09. The third-order valence-corrected chi connectivity index (χ3v) is 5.90. The van der Waals surface area contributed by atoms with Gasteiger partial charge in [0.2, 0.25) is 0 Å². The summed E-state index contributed by atoms with van der Waals surface area (Å²) in [5.74, 6) is 4.00. The summed E-state index contributed by atoms with van der Waals surface area (Å²) >= 11 is 1.79. The standard InChI is InChI=1S/C19H18N6S.2ClH/c1-10-21-16(9-18(22-10)25-12(3)20-11(2)24-25)13-8-14(13)19-23-15-6-4-5-7-17(15)26-19;;/h4-7,9,13-14H,8H2,1-3H3;2*1H/t13-,14-;;/m1../s1. The van der Waals surface area contributed by atoms with Crippen molar-refractivity contribution in [2.24, 2.45) is 0 Å². The number of rotatable bonds is 3. The molecule has 5 rings (SSSR count). The van der Waals surface area contributed by atoms with E-state index in [-0.39, 0.29) is 24.8 Å². The summed E-state index contributed by atoms with van der Waals surface area (Å²) in [6.07, 6.45) is 1.09. The predicted octanol–water partition coefficient (Wildman–Crippen LogP) is 4.71. The Morgan fingerprint density at radius 3 is 2.43 bits per heavy atom. The van der Waals surface area contributed by atoms with Gasteiger partial charge in [-0.1, -0.05) is 12.1 Å². The van der Waals surface area contributed by atoms with E-state index in [2.05, 4.69) is 33.3 Å². The number of hydrogen-bond donors (Lipinski definition) is 0. The lowest BCUT2D eigenvalue weighted by molar-refractivity contribution is 0.778. The van der Waals surface area contributed by atoms with Crippen LogP contribution in [-0.4, -0.2) is 29.7 Å². The lowest BCUT2D eigenvalue weighted by Gasteiger charge is -2.06. The summed E-state index contributed by atoms with van der Waals surface area (Å²) in [6.45, 7) is 5.77. The van der Waals surface area contributed by atoms with Crippen LogP contribution >= 0.6 is 36.2 Å². The molecule has 0 N–H and O–H groups in total. The zero-order valence-corrected chi connectivity index (χ0v) is 18.1. The van der Waals surface area contributed by atoms with E-state index in [0.717, 1.165) is 40.9 Å². The molecule has 3 aromatic heterocycles. The van der Waals surface area contributed by atoms with Gasteiger partial charge in [-0.15, -0.1) is 41.2 Å². The average molecular weight is 435 g/mol. The quantitative estimate of drug-likeness (QED) is 0.466. The van der Waals surface area contributed by atoms with Gasteiger partial charge in [0, 0.05) is 17.9 Å². The minimum absolute atomic E-state index is 0. The van der Waals surface area contributed by atoms with E-state index >= 15 is 0 Å². The molecule has 6 nitrogen and oxygen atoms in total. The zero-order valence-electron chi connectivity index (χ0n) is 15.7. The van der Waals surface area contributed by atoms with Crippen LogP contribution in [0.15, 0.2) is 30.3 Å².